The number of halogens is 3. The molecule has 1 aliphatic heterocycles. The molecule has 3 rings (SSSR count). The minimum atomic E-state index is -4.78. The molecule has 4 nitrogen and oxygen atoms in total. The maximum absolute atomic E-state index is 12.4. The lowest BCUT2D eigenvalue weighted by atomic mass is 10.1. The molecular formula is C19H16F3NO3. The van der Waals surface area contributed by atoms with Crippen molar-refractivity contribution >= 4 is 12.0 Å². The Kier molecular flexibility index (Phi) is 5.16. The third-order valence-corrected chi connectivity index (χ3v) is 3.79. The van der Waals surface area contributed by atoms with Crippen molar-refractivity contribution < 1.29 is 27.4 Å². The first kappa shape index (κ1) is 17.8. The number of hydrogen-bond acceptors (Lipinski definition) is 3. The number of carbonyl (C=O) groups is 1. The molecule has 1 aliphatic rings. The smallest absolute Gasteiger partial charge is 0.493 e. The summed E-state index contributed by atoms with van der Waals surface area (Å²) in [5.74, 6) is 0.110. The molecule has 2 aromatic carbocycles. The molecule has 1 N–H and O–H groups in total. The van der Waals surface area contributed by atoms with Crippen molar-refractivity contribution in [1.29, 1.82) is 0 Å². The number of fused-ring (bicyclic) bond motifs is 1. The van der Waals surface area contributed by atoms with Gasteiger partial charge >= 0.3 is 6.36 Å². The van der Waals surface area contributed by atoms with Crippen LogP contribution in [0.5, 0.6) is 11.5 Å². The molecule has 0 atom stereocenters. The van der Waals surface area contributed by atoms with Crippen LogP contribution in [0, 0.1) is 0 Å². The van der Waals surface area contributed by atoms with Crippen LogP contribution in [-0.4, -0.2) is 18.9 Å². The van der Waals surface area contributed by atoms with Crippen molar-refractivity contribution in [3.8, 4) is 11.5 Å². The molecule has 26 heavy (non-hydrogen) atoms. The Morgan fingerprint density at radius 3 is 2.85 bits per heavy atom. The van der Waals surface area contributed by atoms with E-state index in [0.29, 0.717) is 6.61 Å². The molecule has 0 aliphatic carbocycles. The lowest BCUT2D eigenvalue weighted by Crippen LogP contribution is -2.22. The molecule has 0 radical (unpaired) electrons. The standard InChI is InChI=1S/C19H16F3NO3/c20-19(21,22)26-17-4-2-1-3-15(17)12-23-18(24)8-6-13-5-7-16-14(11-13)9-10-25-16/h1-8,11H,9-10,12H2,(H,23,24)/b8-6+. The molecule has 0 spiro atoms. The van der Waals surface area contributed by atoms with E-state index in [0.717, 1.165) is 23.3 Å². The van der Waals surface area contributed by atoms with Gasteiger partial charge in [0.05, 0.1) is 6.61 Å². The van der Waals surface area contributed by atoms with Crippen molar-refractivity contribution in [2.75, 3.05) is 6.61 Å². The number of rotatable bonds is 5. The third-order valence-electron chi connectivity index (χ3n) is 3.79. The lowest BCUT2D eigenvalue weighted by Gasteiger charge is -2.13. The van der Waals surface area contributed by atoms with E-state index in [4.69, 9.17) is 4.74 Å². The highest BCUT2D eigenvalue weighted by Gasteiger charge is 2.31. The van der Waals surface area contributed by atoms with Crippen LogP contribution in [0.2, 0.25) is 0 Å². The molecule has 2 aromatic rings. The predicted molar refractivity (Wildman–Crippen MR) is 89.6 cm³/mol. The van der Waals surface area contributed by atoms with E-state index < -0.39 is 12.3 Å². The average molecular weight is 363 g/mol. The van der Waals surface area contributed by atoms with Gasteiger partial charge in [-0.25, -0.2) is 0 Å². The Balaban J connectivity index is 1.59. The first-order chi connectivity index (χ1) is 12.4. The highest BCUT2D eigenvalue weighted by Crippen LogP contribution is 2.27. The zero-order valence-electron chi connectivity index (χ0n) is 13.7. The number of carbonyl (C=O) groups excluding carboxylic acids is 1. The fourth-order valence-electron chi connectivity index (χ4n) is 2.60. The van der Waals surface area contributed by atoms with Crippen LogP contribution in [0.15, 0.2) is 48.5 Å². The molecule has 7 heteroatoms. The van der Waals surface area contributed by atoms with E-state index in [1.165, 1.54) is 24.3 Å². The van der Waals surface area contributed by atoms with Gasteiger partial charge in [-0.15, -0.1) is 13.2 Å². The Hall–Kier alpha value is -2.96. The number of benzene rings is 2. The maximum atomic E-state index is 12.4. The van der Waals surface area contributed by atoms with E-state index in [9.17, 15) is 18.0 Å². The fourth-order valence-corrected chi connectivity index (χ4v) is 2.60. The molecule has 1 amide bonds. The zero-order valence-corrected chi connectivity index (χ0v) is 13.7. The fraction of sp³-hybridized carbons (Fsp3) is 0.211. The van der Waals surface area contributed by atoms with Crippen molar-refractivity contribution in [3.05, 3.63) is 65.2 Å². The molecule has 0 unspecified atom stereocenters. The third kappa shape index (κ3) is 4.78. The topological polar surface area (TPSA) is 47.6 Å². The van der Waals surface area contributed by atoms with E-state index >= 15 is 0 Å². The summed E-state index contributed by atoms with van der Waals surface area (Å²) in [6.45, 7) is 0.579. The van der Waals surface area contributed by atoms with Crippen molar-refractivity contribution in [2.24, 2.45) is 0 Å². The average Bonchev–Trinajstić information content (AvgIpc) is 3.05. The van der Waals surface area contributed by atoms with E-state index in [1.807, 2.05) is 18.2 Å². The molecule has 1 heterocycles. The Labute approximate surface area is 148 Å². The molecule has 136 valence electrons. The summed E-state index contributed by atoms with van der Waals surface area (Å²) in [6.07, 6.45) is -0.965. The van der Waals surface area contributed by atoms with Crippen LogP contribution in [0.4, 0.5) is 13.2 Å². The summed E-state index contributed by atoms with van der Waals surface area (Å²) in [4.78, 5) is 11.9. The van der Waals surface area contributed by atoms with Crippen LogP contribution in [0.3, 0.4) is 0 Å². The van der Waals surface area contributed by atoms with Crippen molar-refractivity contribution in [2.45, 2.75) is 19.3 Å². The van der Waals surface area contributed by atoms with Crippen LogP contribution in [-0.2, 0) is 17.8 Å². The normalized spacial score (nSPS) is 13.3. The van der Waals surface area contributed by atoms with Crippen molar-refractivity contribution in [1.82, 2.24) is 5.32 Å². The molecule has 0 bridgehead atoms. The van der Waals surface area contributed by atoms with Gasteiger partial charge in [0.2, 0.25) is 5.91 Å². The Morgan fingerprint density at radius 2 is 2.04 bits per heavy atom. The summed E-state index contributed by atoms with van der Waals surface area (Å²) in [6, 6.07) is 11.3. The second-order valence-corrected chi connectivity index (χ2v) is 5.67. The van der Waals surface area contributed by atoms with Gasteiger partial charge in [-0.1, -0.05) is 24.3 Å². The quantitative estimate of drug-likeness (QED) is 0.821. The van der Waals surface area contributed by atoms with Crippen LogP contribution < -0.4 is 14.8 Å². The Bertz CT molecular complexity index is 831. The molecule has 0 fully saturated rings. The molecule has 0 saturated carbocycles. The van der Waals surface area contributed by atoms with E-state index in [-0.39, 0.29) is 17.9 Å². The first-order valence-electron chi connectivity index (χ1n) is 7.96. The lowest BCUT2D eigenvalue weighted by molar-refractivity contribution is -0.274. The van der Waals surface area contributed by atoms with Crippen LogP contribution >= 0.6 is 0 Å². The van der Waals surface area contributed by atoms with E-state index in [2.05, 4.69) is 10.1 Å². The minimum Gasteiger partial charge on any atom is -0.493 e. The molecule has 0 aromatic heterocycles. The number of para-hydroxylation sites is 1. The summed E-state index contributed by atoms with van der Waals surface area (Å²) in [5, 5.41) is 2.55. The van der Waals surface area contributed by atoms with Gasteiger partial charge in [0.15, 0.2) is 0 Å². The maximum Gasteiger partial charge on any atom is 0.573 e. The highest BCUT2D eigenvalue weighted by atomic mass is 19.4. The highest BCUT2D eigenvalue weighted by molar-refractivity contribution is 5.91. The second-order valence-electron chi connectivity index (χ2n) is 5.67. The summed E-state index contributed by atoms with van der Waals surface area (Å²) in [5.41, 5.74) is 2.18. The number of alkyl halides is 3. The Morgan fingerprint density at radius 1 is 1.23 bits per heavy atom. The number of amides is 1. The minimum absolute atomic E-state index is 0.0759. The van der Waals surface area contributed by atoms with Crippen LogP contribution in [0.1, 0.15) is 16.7 Å². The summed E-state index contributed by atoms with van der Waals surface area (Å²) >= 11 is 0. The van der Waals surface area contributed by atoms with Gasteiger partial charge in [-0.3, -0.25) is 4.79 Å². The van der Waals surface area contributed by atoms with Gasteiger partial charge in [-0.2, -0.15) is 0 Å². The molecule has 0 saturated heterocycles. The van der Waals surface area contributed by atoms with Crippen LogP contribution in [0.25, 0.3) is 6.08 Å². The summed E-state index contributed by atoms with van der Waals surface area (Å²) < 4.78 is 46.6. The zero-order chi connectivity index (χ0) is 18.6. The number of ether oxygens (including phenoxy) is 2. The van der Waals surface area contributed by atoms with Gasteiger partial charge < -0.3 is 14.8 Å². The van der Waals surface area contributed by atoms with Gasteiger partial charge in [0, 0.05) is 24.6 Å². The van der Waals surface area contributed by atoms with Gasteiger partial charge in [0.25, 0.3) is 0 Å². The second kappa shape index (κ2) is 7.51. The van der Waals surface area contributed by atoms with Gasteiger partial charge in [0.1, 0.15) is 11.5 Å². The summed E-state index contributed by atoms with van der Waals surface area (Å²) in [7, 11) is 0. The van der Waals surface area contributed by atoms with E-state index in [1.54, 1.807) is 12.1 Å². The largest absolute Gasteiger partial charge is 0.573 e. The number of nitrogens with one attached hydrogen (secondary N) is 1. The number of hydrogen-bond donors (Lipinski definition) is 1. The molecular weight excluding hydrogens is 347 g/mol. The van der Waals surface area contributed by atoms with Crippen molar-refractivity contribution in [3.63, 3.8) is 0 Å². The SMILES string of the molecule is O=C(/C=C/c1ccc2c(c1)CCO2)NCc1ccccc1OC(F)(F)F. The van der Waals surface area contributed by atoms with Gasteiger partial charge in [-0.05, 0) is 35.4 Å². The monoisotopic (exact) mass is 363 g/mol. The first-order valence-corrected chi connectivity index (χ1v) is 7.96. The predicted octanol–water partition coefficient (Wildman–Crippen LogP) is 3.85.